The smallest absolute Gasteiger partial charge is 0.317 e. The van der Waals surface area contributed by atoms with Crippen LogP contribution >= 0.6 is 0 Å². The Kier molecular flexibility index (Phi) is 4.90. The zero-order chi connectivity index (χ0) is 16.3. The van der Waals surface area contributed by atoms with Crippen molar-refractivity contribution < 1.29 is 13.2 Å². The number of benzene rings is 1. The van der Waals surface area contributed by atoms with Gasteiger partial charge in [-0.25, -0.2) is 13.2 Å². The molecule has 2 aliphatic rings. The van der Waals surface area contributed by atoms with Crippen LogP contribution in [0.2, 0.25) is 0 Å². The van der Waals surface area contributed by atoms with Gasteiger partial charge in [-0.2, -0.15) is 0 Å². The van der Waals surface area contributed by atoms with Crippen molar-refractivity contribution in [2.24, 2.45) is 0 Å². The van der Waals surface area contributed by atoms with Crippen molar-refractivity contribution in [2.45, 2.75) is 44.2 Å². The number of carbonyl (C=O) groups is 1. The van der Waals surface area contributed by atoms with Crippen molar-refractivity contribution in [1.82, 2.24) is 10.2 Å². The normalized spacial score (nSPS) is 26.9. The number of piperidine rings is 1. The molecule has 3 rings (SSSR count). The van der Waals surface area contributed by atoms with Crippen LogP contribution in [0, 0.1) is 0 Å². The molecule has 0 saturated carbocycles. The van der Waals surface area contributed by atoms with E-state index in [9.17, 15) is 13.2 Å². The zero-order valence-electron chi connectivity index (χ0n) is 13.3. The van der Waals surface area contributed by atoms with Gasteiger partial charge in [0.15, 0.2) is 9.84 Å². The van der Waals surface area contributed by atoms with Gasteiger partial charge in [-0.3, -0.25) is 0 Å². The second-order valence-corrected chi connectivity index (χ2v) is 8.81. The van der Waals surface area contributed by atoms with Gasteiger partial charge in [-0.15, -0.1) is 0 Å². The van der Waals surface area contributed by atoms with Gasteiger partial charge in [0.05, 0.1) is 11.5 Å². The highest BCUT2D eigenvalue weighted by Crippen LogP contribution is 2.21. The quantitative estimate of drug-likeness (QED) is 0.918. The molecule has 2 aliphatic heterocycles. The molecule has 5 nitrogen and oxygen atoms in total. The molecular weight excluding hydrogens is 312 g/mol. The fraction of sp³-hybridized carbons (Fsp3) is 0.588. The van der Waals surface area contributed by atoms with Gasteiger partial charge >= 0.3 is 6.03 Å². The first kappa shape index (κ1) is 16.3. The van der Waals surface area contributed by atoms with Crippen LogP contribution in [0.15, 0.2) is 30.3 Å². The van der Waals surface area contributed by atoms with E-state index >= 15 is 0 Å². The Labute approximate surface area is 138 Å². The third-order valence-electron chi connectivity index (χ3n) is 4.76. The van der Waals surface area contributed by atoms with Gasteiger partial charge in [0.25, 0.3) is 0 Å². The number of nitrogens with one attached hydrogen (secondary N) is 1. The summed E-state index contributed by atoms with van der Waals surface area (Å²) in [6, 6.07) is 10.1. The molecule has 0 bridgehead atoms. The summed E-state index contributed by atoms with van der Waals surface area (Å²) >= 11 is 0. The molecule has 2 heterocycles. The van der Waals surface area contributed by atoms with Crippen LogP contribution in [-0.4, -0.2) is 49.5 Å². The average Bonchev–Trinajstić information content (AvgIpc) is 2.87. The lowest BCUT2D eigenvalue weighted by atomic mass is 9.96. The minimum atomic E-state index is -2.97. The fourth-order valence-corrected chi connectivity index (χ4v) is 5.21. The van der Waals surface area contributed by atoms with Crippen LogP contribution in [-0.2, 0) is 16.3 Å². The van der Waals surface area contributed by atoms with Crippen molar-refractivity contribution in [2.75, 3.05) is 18.1 Å². The maximum atomic E-state index is 12.6. The average molecular weight is 336 g/mol. The van der Waals surface area contributed by atoms with Crippen LogP contribution in [0.25, 0.3) is 0 Å². The number of likely N-dealkylation sites (tertiary alicyclic amines) is 1. The van der Waals surface area contributed by atoms with Gasteiger partial charge in [-0.05, 0) is 37.7 Å². The second-order valence-electron chi connectivity index (χ2n) is 6.58. The molecule has 0 aliphatic carbocycles. The monoisotopic (exact) mass is 336 g/mol. The van der Waals surface area contributed by atoms with Gasteiger partial charge in [0.2, 0.25) is 0 Å². The fourth-order valence-electron chi connectivity index (χ4n) is 3.53. The largest absolute Gasteiger partial charge is 0.334 e. The third-order valence-corrected chi connectivity index (χ3v) is 6.53. The number of hydrogen-bond donors (Lipinski definition) is 1. The summed E-state index contributed by atoms with van der Waals surface area (Å²) < 4.78 is 23.1. The number of rotatable bonds is 3. The Bertz CT molecular complexity index is 645. The number of hydrogen-bond acceptors (Lipinski definition) is 3. The van der Waals surface area contributed by atoms with Crippen LogP contribution in [0.3, 0.4) is 0 Å². The molecule has 2 atom stereocenters. The Morgan fingerprint density at radius 1 is 1.17 bits per heavy atom. The molecule has 2 fully saturated rings. The number of sulfone groups is 1. The molecule has 1 aromatic carbocycles. The molecule has 1 aromatic rings. The van der Waals surface area contributed by atoms with E-state index in [1.165, 1.54) is 5.56 Å². The molecule has 0 unspecified atom stereocenters. The van der Waals surface area contributed by atoms with Gasteiger partial charge < -0.3 is 10.2 Å². The third kappa shape index (κ3) is 4.25. The minimum absolute atomic E-state index is 0.0793. The topological polar surface area (TPSA) is 66.5 Å². The van der Waals surface area contributed by atoms with E-state index in [2.05, 4.69) is 17.4 Å². The Balaban J connectivity index is 1.62. The highest BCUT2D eigenvalue weighted by molar-refractivity contribution is 7.91. The first-order valence-electron chi connectivity index (χ1n) is 8.35. The van der Waals surface area contributed by atoms with E-state index in [1.54, 1.807) is 0 Å². The standard InChI is InChI=1S/C17H24N2O3S/c20-17(18-15-9-11-23(21,22)13-15)19-10-5-4-8-16(19)12-14-6-2-1-3-7-14/h1-3,6-7,15-16H,4-5,8-13H2,(H,18,20)/t15-,16-/m1/s1. The summed E-state index contributed by atoms with van der Waals surface area (Å²) in [5.41, 5.74) is 1.24. The van der Waals surface area contributed by atoms with Crippen LogP contribution < -0.4 is 5.32 Å². The molecule has 2 amide bonds. The second kappa shape index (κ2) is 6.91. The molecule has 1 N–H and O–H groups in total. The highest BCUT2D eigenvalue weighted by atomic mass is 32.2. The lowest BCUT2D eigenvalue weighted by molar-refractivity contribution is 0.148. The molecule has 6 heteroatoms. The van der Waals surface area contributed by atoms with E-state index in [0.717, 1.165) is 32.2 Å². The molecule has 126 valence electrons. The SMILES string of the molecule is O=C(N[C@@H]1CCS(=O)(=O)C1)N1CCCC[C@@H]1Cc1ccccc1. The summed E-state index contributed by atoms with van der Waals surface area (Å²) in [6.07, 6.45) is 4.55. The lowest BCUT2D eigenvalue weighted by Gasteiger charge is -2.36. The summed E-state index contributed by atoms with van der Waals surface area (Å²) in [6.45, 7) is 0.753. The summed E-state index contributed by atoms with van der Waals surface area (Å²) in [5, 5.41) is 2.93. The van der Waals surface area contributed by atoms with E-state index in [-0.39, 0.29) is 29.6 Å². The van der Waals surface area contributed by atoms with Crippen molar-refractivity contribution >= 4 is 15.9 Å². The van der Waals surface area contributed by atoms with Gasteiger partial charge in [0, 0.05) is 18.6 Å². The Morgan fingerprint density at radius 2 is 1.96 bits per heavy atom. The summed E-state index contributed by atoms with van der Waals surface area (Å²) in [5.74, 6) is 0.265. The Morgan fingerprint density at radius 3 is 2.65 bits per heavy atom. The highest BCUT2D eigenvalue weighted by Gasteiger charge is 2.32. The first-order valence-corrected chi connectivity index (χ1v) is 10.2. The van der Waals surface area contributed by atoms with Crippen molar-refractivity contribution in [3.8, 4) is 0 Å². The molecular formula is C17H24N2O3S. The minimum Gasteiger partial charge on any atom is -0.334 e. The van der Waals surface area contributed by atoms with Crippen molar-refractivity contribution in [3.63, 3.8) is 0 Å². The molecule has 23 heavy (non-hydrogen) atoms. The lowest BCUT2D eigenvalue weighted by Crippen LogP contribution is -2.52. The Hall–Kier alpha value is -1.56. The maximum absolute atomic E-state index is 12.6. The molecule has 0 radical (unpaired) electrons. The maximum Gasteiger partial charge on any atom is 0.317 e. The van der Waals surface area contributed by atoms with Gasteiger partial charge in [-0.1, -0.05) is 30.3 Å². The number of nitrogens with zero attached hydrogens (tertiary/aromatic N) is 1. The van der Waals surface area contributed by atoms with E-state index < -0.39 is 9.84 Å². The van der Waals surface area contributed by atoms with Crippen LogP contribution in [0.1, 0.15) is 31.2 Å². The summed E-state index contributed by atoms with van der Waals surface area (Å²) in [4.78, 5) is 14.5. The van der Waals surface area contributed by atoms with Crippen molar-refractivity contribution in [1.29, 1.82) is 0 Å². The predicted octanol–water partition coefficient (Wildman–Crippen LogP) is 1.98. The first-order chi connectivity index (χ1) is 11.0. The van der Waals surface area contributed by atoms with E-state index in [1.807, 2.05) is 23.1 Å². The predicted molar refractivity (Wildman–Crippen MR) is 90.1 cm³/mol. The number of urea groups is 1. The summed E-state index contributed by atoms with van der Waals surface area (Å²) in [7, 11) is -2.97. The van der Waals surface area contributed by atoms with Crippen LogP contribution in [0.5, 0.6) is 0 Å². The molecule has 0 aromatic heterocycles. The van der Waals surface area contributed by atoms with E-state index in [0.29, 0.717) is 6.42 Å². The molecule has 0 spiro atoms. The van der Waals surface area contributed by atoms with Gasteiger partial charge in [0.1, 0.15) is 0 Å². The van der Waals surface area contributed by atoms with Crippen molar-refractivity contribution in [3.05, 3.63) is 35.9 Å². The van der Waals surface area contributed by atoms with Crippen LogP contribution in [0.4, 0.5) is 4.79 Å². The van der Waals surface area contributed by atoms with E-state index in [4.69, 9.17) is 0 Å². The number of carbonyl (C=O) groups excluding carboxylic acids is 1. The number of amides is 2. The molecule has 2 saturated heterocycles. The zero-order valence-corrected chi connectivity index (χ0v) is 14.1.